The summed E-state index contributed by atoms with van der Waals surface area (Å²) in [5.41, 5.74) is 0. The zero-order chi connectivity index (χ0) is 7.11. The van der Waals surface area contributed by atoms with Gasteiger partial charge in [-0.05, 0) is 12.8 Å². The lowest BCUT2D eigenvalue weighted by molar-refractivity contribution is 0.511. The number of halogens is 1. The molecular formula is C6H16ClN2+. The molecular weight excluding hydrogens is 136 g/mol. The minimum absolute atomic E-state index is 0. The van der Waals surface area contributed by atoms with Crippen molar-refractivity contribution in [2.75, 3.05) is 0 Å². The monoisotopic (exact) mass is 151 g/mol. The Hall–Kier alpha value is 0.210. The van der Waals surface area contributed by atoms with Gasteiger partial charge in [0.25, 0.3) is 0 Å². The predicted octanol–water partition coefficient (Wildman–Crippen LogP) is 1.49. The second-order valence-corrected chi connectivity index (χ2v) is 2.85. The van der Waals surface area contributed by atoms with Crippen LogP contribution in [0, 0.1) is 0 Å². The fraction of sp³-hybridized carbons (Fsp3) is 1.00. The number of nitrogens with two attached hydrogens (primary N) is 2. The van der Waals surface area contributed by atoms with Crippen molar-refractivity contribution >= 4 is 11.6 Å². The largest absolute Gasteiger partial charge is 1.00 e. The minimum Gasteiger partial charge on any atom is -0.274 e. The van der Waals surface area contributed by atoms with Crippen LogP contribution in [-0.2, 0) is 0 Å². The van der Waals surface area contributed by atoms with Crippen LogP contribution in [0.1, 0.15) is 33.5 Å². The molecule has 0 atom stereocenters. The average molecular weight is 152 g/mol. The highest BCUT2D eigenvalue weighted by molar-refractivity contribution is 6.20. The Morgan fingerprint density at radius 1 is 1.11 bits per heavy atom. The first-order valence-corrected chi connectivity index (χ1v) is 3.80. The van der Waals surface area contributed by atoms with Gasteiger partial charge in [0.2, 0.25) is 0 Å². The minimum atomic E-state index is 0. The zero-order valence-corrected chi connectivity index (χ0v) is 6.40. The molecule has 0 unspecified atom stereocenters. The van der Waals surface area contributed by atoms with Gasteiger partial charge in [0.15, 0.2) is 0 Å². The molecule has 0 amide bonds. The lowest BCUT2D eigenvalue weighted by Crippen LogP contribution is -2.03. The summed E-state index contributed by atoms with van der Waals surface area (Å²) in [6.45, 7) is 0. The highest BCUT2D eigenvalue weighted by Crippen LogP contribution is 2.21. The molecule has 1 fully saturated rings. The molecule has 0 aliphatic heterocycles. The maximum Gasteiger partial charge on any atom is 1.00 e. The quantitative estimate of drug-likeness (QED) is 0.313. The van der Waals surface area contributed by atoms with Crippen molar-refractivity contribution in [3.8, 4) is 0 Å². The molecule has 0 saturated heterocycles. The molecule has 0 heterocycles. The molecule has 0 bridgehead atoms. The number of hydrogen-bond acceptors (Lipinski definition) is 2. The third-order valence-electron chi connectivity index (χ3n) is 1.53. The summed E-state index contributed by atoms with van der Waals surface area (Å²) in [6, 6.07) is 0. The summed E-state index contributed by atoms with van der Waals surface area (Å²) in [5.74, 6) is 8.00. The molecule has 9 heavy (non-hydrogen) atoms. The zero-order valence-electron chi connectivity index (χ0n) is 6.65. The normalized spacial score (nSPS) is 20.3. The number of hydrogen-bond donors (Lipinski definition) is 2. The topological polar surface area (TPSA) is 52.0 Å². The van der Waals surface area contributed by atoms with Gasteiger partial charge < -0.3 is 0 Å². The molecule has 0 radical (unpaired) electrons. The molecule has 1 aliphatic rings. The van der Waals surface area contributed by atoms with Crippen LogP contribution in [0.25, 0.3) is 0 Å². The summed E-state index contributed by atoms with van der Waals surface area (Å²) in [7, 11) is 0. The standard InChI is InChI=1S/C6H11Cl.H4N2/c7-6-4-2-1-3-5-6;1-2/h6H,1-5H2;1-2H2/p+1. The van der Waals surface area contributed by atoms with Crippen LogP contribution < -0.4 is 11.7 Å². The van der Waals surface area contributed by atoms with Gasteiger partial charge in [-0.2, -0.15) is 0 Å². The average Bonchev–Trinajstić information content (AvgIpc) is 1.94. The highest BCUT2D eigenvalue weighted by atomic mass is 35.5. The van der Waals surface area contributed by atoms with Crippen LogP contribution in [0.3, 0.4) is 0 Å². The third kappa shape index (κ3) is 4.70. The van der Waals surface area contributed by atoms with Crippen LogP contribution in [0.4, 0.5) is 0 Å². The van der Waals surface area contributed by atoms with E-state index in [9.17, 15) is 0 Å². The van der Waals surface area contributed by atoms with E-state index in [1.165, 1.54) is 32.1 Å². The number of hydrazine groups is 1. The first-order valence-electron chi connectivity index (χ1n) is 3.37. The molecule has 2 nitrogen and oxygen atoms in total. The van der Waals surface area contributed by atoms with E-state index in [-0.39, 0.29) is 1.43 Å². The molecule has 0 aromatic rings. The van der Waals surface area contributed by atoms with E-state index >= 15 is 0 Å². The second kappa shape index (κ2) is 6.33. The Morgan fingerprint density at radius 2 is 1.56 bits per heavy atom. The predicted molar refractivity (Wildman–Crippen MR) is 42.2 cm³/mol. The van der Waals surface area contributed by atoms with E-state index in [0.717, 1.165) is 0 Å². The van der Waals surface area contributed by atoms with Crippen LogP contribution in [-0.4, -0.2) is 5.38 Å². The third-order valence-corrected chi connectivity index (χ3v) is 1.97. The van der Waals surface area contributed by atoms with Crippen LogP contribution in [0.2, 0.25) is 0 Å². The van der Waals surface area contributed by atoms with Crippen molar-refractivity contribution in [1.82, 2.24) is 0 Å². The maximum absolute atomic E-state index is 5.82. The van der Waals surface area contributed by atoms with Gasteiger partial charge in [-0.3, -0.25) is 11.7 Å². The van der Waals surface area contributed by atoms with Crippen molar-refractivity contribution in [1.29, 1.82) is 0 Å². The Labute approximate surface area is 63.0 Å². The lowest BCUT2D eigenvalue weighted by atomic mass is 10.0. The summed E-state index contributed by atoms with van der Waals surface area (Å²) < 4.78 is 0. The van der Waals surface area contributed by atoms with E-state index in [4.69, 9.17) is 11.6 Å². The fourth-order valence-electron chi connectivity index (χ4n) is 1.05. The molecule has 0 aromatic heterocycles. The number of alkyl halides is 1. The van der Waals surface area contributed by atoms with E-state index in [0.29, 0.717) is 5.38 Å². The van der Waals surface area contributed by atoms with Gasteiger partial charge in [-0.1, -0.05) is 19.3 Å². The molecule has 0 aromatic carbocycles. The van der Waals surface area contributed by atoms with Crippen molar-refractivity contribution < 1.29 is 1.43 Å². The molecule has 1 aliphatic carbocycles. The van der Waals surface area contributed by atoms with Crippen LogP contribution in [0.5, 0.6) is 0 Å². The van der Waals surface area contributed by atoms with Crippen molar-refractivity contribution in [2.24, 2.45) is 11.7 Å². The summed E-state index contributed by atoms with van der Waals surface area (Å²) in [4.78, 5) is 0. The van der Waals surface area contributed by atoms with E-state index in [1.54, 1.807) is 0 Å². The molecule has 0 spiro atoms. The van der Waals surface area contributed by atoms with E-state index in [2.05, 4.69) is 11.7 Å². The SMILES string of the molecule is ClC1CCCCC1.NN.[H+]. The fourth-order valence-corrected chi connectivity index (χ4v) is 1.36. The first-order chi connectivity index (χ1) is 4.39. The number of rotatable bonds is 0. The van der Waals surface area contributed by atoms with Crippen LogP contribution in [0.15, 0.2) is 0 Å². The molecule has 4 N–H and O–H groups in total. The smallest absolute Gasteiger partial charge is 0.274 e. The molecule has 3 heteroatoms. The van der Waals surface area contributed by atoms with Gasteiger partial charge in [-0.15, -0.1) is 11.6 Å². The summed E-state index contributed by atoms with van der Waals surface area (Å²) in [6.07, 6.45) is 6.62. The Morgan fingerprint density at radius 3 is 1.78 bits per heavy atom. The van der Waals surface area contributed by atoms with Gasteiger partial charge in [0.1, 0.15) is 0 Å². The van der Waals surface area contributed by atoms with Gasteiger partial charge in [0.05, 0.1) is 0 Å². The summed E-state index contributed by atoms with van der Waals surface area (Å²) in [5, 5.41) is 0.508. The maximum atomic E-state index is 5.82. The molecule has 1 saturated carbocycles. The second-order valence-electron chi connectivity index (χ2n) is 2.24. The Bertz CT molecular complexity index is 57.7. The van der Waals surface area contributed by atoms with Gasteiger partial charge in [-0.25, -0.2) is 0 Å². The van der Waals surface area contributed by atoms with E-state index in [1.807, 2.05) is 0 Å². The summed E-state index contributed by atoms with van der Waals surface area (Å²) >= 11 is 5.82. The Balaban J connectivity index is 0. The van der Waals surface area contributed by atoms with Gasteiger partial charge in [0, 0.05) is 5.38 Å². The van der Waals surface area contributed by atoms with Crippen molar-refractivity contribution in [2.45, 2.75) is 37.5 Å². The van der Waals surface area contributed by atoms with Gasteiger partial charge >= 0.3 is 1.43 Å². The van der Waals surface area contributed by atoms with Crippen LogP contribution >= 0.6 is 11.6 Å². The molecule has 56 valence electrons. The lowest BCUT2D eigenvalue weighted by Gasteiger charge is -2.13. The highest BCUT2D eigenvalue weighted by Gasteiger charge is 2.08. The molecule has 1 rings (SSSR count). The van der Waals surface area contributed by atoms with Crippen molar-refractivity contribution in [3.63, 3.8) is 0 Å². The Kier molecular flexibility index (Phi) is 6.48. The first kappa shape index (κ1) is 9.21. The van der Waals surface area contributed by atoms with Crippen molar-refractivity contribution in [3.05, 3.63) is 0 Å². The van der Waals surface area contributed by atoms with E-state index < -0.39 is 0 Å².